The Hall–Kier alpha value is -1.48. The number of aliphatic hydroxyl groups excluding tert-OH is 1. The van der Waals surface area contributed by atoms with E-state index in [9.17, 15) is 14.7 Å². The van der Waals surface area contributed by atoms with Crippen LogP contribution in [-0.2, 0) is 21.3 Å². The van der Waals surface area contributed by atoms with Crippen LogP contribution in [0, 0.1) is 0 Å². The third kappa shape index (κ3) is 2.42. The molecule has 1 saturated heterocycles. The number of nitrogens with zero attached hydrogens (tertiary/aromatic N) is 2. The number of aliphatic hydroxyl groups is 1. The van der Waals surface area contributed by atoms with Gasteiger partial charge in [0.05, 0.1) is 6.61 Å². The van der Waals surface area contributed by atoms with E-state index in [1.807, 2.05) is 0 Å². The molecule has 1 fully saturated rings. The fraction of sp³-hybridized carbons (Fsp3) is 0.667. The Bertz CT molecular complexity index is 580. The first-order valence-corrected chi connectivity index (χ1v) is 6.14. The standard InChI is InChI=1S/C12H18N2O6/c1-13-8(15)4-5-14(12(13)17)11-9(16)10(19-3)7(20-11)6-18-2/h4-5,7,9-11,16H,6H2,1-3H3/t7-,9?,10?,11-/m1/s1. The van der Waals surface area contributed by atoms with Crippen molar-refractivity contribution in [3.8, 4) is 0 Å². The molecule has 1 aliphatic heterocycles. The van der Waals surface area contributed by atoms with E-state index in [0.29, 0.717) is 0 Å². The van der Waals surface area contributed by atoms with E-state index >= 15 is 0 Å². The molecular weight excluding hydrogens is 268 g/mol. The van der Waals surface area contributed by atoms with Gasteiger partial charge >= 0.3 is 5.69 Å². The van der Waals surface area contributed by atoms with E-state index in [1.54, 1.807) is 0 Å². The summed E-state index contributed by atoms with van der Waals surface area (Å²) in [4.78, 5) is 23.4. The zero-order valence-electron chi connectivity index (χ0n) is 11.6. The summed E-state index contributed by atoms with van der Waals surface area (Å²) in [6.07, 6.45) is -1.74. The van der Waals surface area contributed by atoms with Gasteiger partial charge in [-0.1, -0.05) is 0 Å². The van der Waals surface area contributed by atoms with Crippen LogP contribution in [0.3, 0.4) is 0 Å². The maximum atomic E-state index is 12.0. The van der Waals surface area contributed by atoms with Gasteiger partial charge < -0.3 is 19.3 Å². The average molecular weight is 286 g/mol. The molecule has 4 atom stereocenters. The van der Waals surface area contributed by atoms with Crippen molar-refractivity contribution in [3.05, 3.63) is 33.1 Å². The number of hydrogen-bond donors (Lipinski definition) is 1. The number of hydrogen-bond acceptors (Lipinski definition) is 6. The lowest BCUT2D eigenvalue weighted by Gasteiger charge is -2.18. The molecule has 1 aromatic rings. The van der Waals surface area contributed by atoms with Crippen LogP contribution in [-0.4, -0.2) is 53.4 Å². The minimum absolute atomic E-state index is 0.229. The van der Waals surface area contributed by atoms with E-state index < -0.39 is 35.8 Å². The molecule has 8 nitrogen and oxygen atoms in total. The van der Waals surface area contributed by atoms with Crippen molar-refractivity contribution >= 4 is 0 Å². The smallest absolute Gasteiger partial charge is 0.332 e. The molecule has 1 aromatic heterocycles. The van der Waals surface area contributed by atoms with Crippen molar-refractivity contribution in [2.75, 3.05) is 20.8 Å². The van der Waals surface area contributed by atoms with Gasteiger partial charge in [0.2, 0.25) is 0 Å². The first-order valence-electron chi connectivity index (χ1n) is 6.14. The van der Waals surface area contributed by atoms with Gasteiger partial charge in [0.15, 0.2) is 6.23 Å². The number of ether oxygens (including phenoxy) is 3. The molecule has 20 heavy (non-hydrogen) atoms. The maximum absolute atomic E-state index is 12.0. The molecule has 0 amide bonds. The Morgan fingerprint density at radius 3 is 2.70 bits per heavy atom. The molecule has 0 saturated carbocycles. The summed E-state index contributed by atoms with van der Waals surface area (Å²) in [7, 11) is 4.32. The number of aromatic nitrogens is 2. The highest BCUT2D eigenvalue weighted by atomic mass is 16.6. The molecule has 0 radical (unpaired) electrons. The van der Waals surface area contributed by atoms with E-state index in [1.165, 1.54) is 38.1 Å². The predicted octanol–water partition coefficient (Wildman–Crippen LogP) is -1.53. The van der Waals surface area contributed by atoms with E-state index in [-0.39, 0.29) is 6.61 Å². The SMILES string of the molecule is COC[C@H]1O[C@@H](n2ccc(=O)n(C)c2=O)C(O)C1OC. The summed E-state index contributed by atoms with van der Waals surface area (Å²) in [6.45, 7) is 0.229. The Morgan fingerprint density at radius 2 is 2.10 bits per heavy atom. The van der Waals surface area contributed by atoms with Gasteiger partial charge in [-0.3, -0.25) is 13.9 Å². The fourth-order valence-electron chi connectivity index (χ4n) is 2.32. The molecule has 0 aromatic carbocycles. The van der Waals surface area contributed by atoms with Gasteiger partial charge in [0, 0.05) is 33.5 Å². The molecule has 2 heterocycles. The van der Waals surface area contributed by atoms with E-state index in [2.05, 4.69) is 0 Å². The first kappa shape index (κ1) is 14.9. The zero-order valence-corrected chi connectivity index (χ0v) is 11.6. The van der Waals surface area contributed by atoms with Crippen LogP contribution in [0.15, 0.2) is 21.9 Å². The molecule has 112 valence electrons. The molecule has 0 spiro atoms. The van der Waals surface area contributed by atoms with Crippen molar-refractivity contribution in [3.63, 3.8) is 0 Å². The van der Waals surface area contributed by atoms with Gasteiger partial charge in [-0.25, -0.2) is 4.79 Å². The zero-order chi connectivity index (χ0) is 14.9. The Labute approximate surface area is 115 Å². The summed E-state index contributed by atoms with van der Waals surface area (Å²) in [5, 5.41) is 10.2. The minimum atomic E-state index is -1.03. The predicted molar refractivity (Wildman–Crippen MR) is 68.5 cm³/mol. The topological polar surface area (TPSA) is 91.9 Å². The molecule has 1 N–H and O–H groups in total. The second-order valence-electron chi connectivity index (χ2n) is 4.61. The quantitative estimate of drug-likeness (QED) is 0.722. The monoisotopic (exact) mass is 286 g/mol. The largest absolute Gasteiger partial charge is 0.386 e. The van der Waals surface area contributed by atoms with Crippen LogP contribution in [0.2, 0.25) is 0 Å². The van der Waals surface area contributed by atoms with Crippen molar-refractivity contribution in [1.29, 1.82) is 0 Å². The average Bonchev–Trinajstić information content (AvgIpc) is 2.73. The van der Waals surface area contributed by atoms with E-state index in [4.69, 9.17) is 14.2 Å². The van der Waals surface area contributed by atoms with Crippen LogP contribution >= 0.6 is 0 Å². The van der Waals surface area contributed by atoms with Crippen LogP contribution in [0.1, 0.15) is 6.23 Å². The van der Waals surface area contributed by atoms with Crippen LogP contribution in [0.4, 0.5) is 0 Å². The lowest BCUT2D eigenvalue weighted by Crippen LogP contribution is -2.42. The second-order valence-corrected chi connectivity index (χ2v) is 4.61. The molecule has 2 unspecified atom stereocenters. The van der Waals surface area contributed by atoms with Crippen LogP contribution in [0.25, 0.3) is 0 Å². The molecule has 2 rings (SSSR count). The van der Waals surface area contributed by atoms with Crippen molar-refractivity contribution < 1.29 is 19.3 Å². The third-order valence-electron chi connectivity index (χ3n) is 3.40. The van der Waals surface area contributed by atoms with E-state index in [0.717, 1.165) is 4.57 Å². The van der Waals surface area contributed by atoms with Crippen LogP contribution in [0.5, 0.6) is 0 Å². The summed E-state index contributed by atoms with van der Waals surface area (Å²) < 4.78 is 17.9. The highest BCUT2D eigenvalue weighted by molar-refractivity contribution is 4.94. The molecule has 0 bridgehead atoms. The Morgan fingerprint density at radius 1 is 1.40 bits per heavy atom. The van der Waals surface area contributed by atoms with Crippen LogP contribution < -0.4 is 11.2 Å². The Balaban J connectivity index is 2.37. The summed E-state index contributed by atoms with van der Waals surface area (Å²) in [6, 6.07) is 1.24. The van der Waals surface area contributed by atoms with Gasteiger partial charge in [-0.15, -0.1) is 0 Å². The first-order chi connectivity index (χ1) is 9.51. The highest BCUT2D eigenvalue weighted by Crippen LogP contribution is 2.30. The second kappa shape index (κ2) is 5.88. The Kier molecular flexibility index (Phi) is 4.39. The van der Waals surface area contributed by atoms with Gasteiger partial charge in [-0.2, -0.15) is 0 Å². The number of methoxy groups -OCH3 is 2. The lowest BCUT2D eigenvalue weighted by atomic mass is 10.1. The minimum Gasteiger partial charge on any atom is -0.386 e. The van der Waals surface area contributed by atoms with Crippen molar-refractivity contribution in [1.82, 2.24) is 9.13 Å². The summed E-state index contributed by atoms with van der Waals surface area (Å²) in [5.41, 5.74) is -0.982. The highest BCUT2D eigenvalue weighted by Gasteiger charge is 2.45. The third-order valence-corrected chi connectivity index (χ3v) is 3.40. The van der Waals surface area contributed by atoms with Gasteiger partial charge in [-0.05, 0) is 0 Å². The van der Waals surface area contributed by atoms with Gasteiger partial charge in [0.1, 0.15) is 18.3 Å². The van der Waals surface area contributed by atoms with Crippen molar-refractivity contribution in [2.45, 2.75) is 24.5 Å². The molecular formula is C12H18N2O6. The van der Waals surface area contributed by atoms with Crippen molar-refractivity contribution in [2.24, 2.45) is 7.05 Å². The number of rotatable bonds is 4. The fourth-order valence-corrected chi connectivity index (χ4v) is 2.32. The summed E-state index contributed by atoms with van der Waals surface area (Å²) >= 11 is 0. The molecule has 8 heteroatoms. The molecule has 0 aliphatic carbocycles. The summed E-state index contributed by atoms with van der Waals surface area (Å²) in [5.74, 6) is 0. The lowest BCUT2D eigenvalue weighted by molar-refractivity contribution is -0.0644. The maximum Gasteiger partial charge on any atom is 0.332 e. The molecule has 1 aliphatic rings. The van der Waals surface area contributed by atoms with Gasteiger partial charge in [0.25, 0.3) is 5.56 Å². The normalized spacial score (nSPS) is 29.8.